The number of aromatic amines is 1. The average molecular weight is 1250 g/mol. The number of anilines is 1. The van der Waals surface area contributed by atoms with Crippen molar-refractivity contribution in [3.8, 4) is 0 Å². The summed E-state index contributed by atoms with van der Waals surface area (Å²) >= 11 is 9.48. The minimum absolute atomic E-state index is 0.0200. The molecule has 2 aromatic rings. The number of benzene rings is 1. The van der Waals surface area contributed by atoms with Crippen molar-refractivity contribution < 1.29 is 78.0 Å². The number of H-pyrrole nitrogens is 1. The van der Waals surface area contributed by atoms with Crippen LogP contribution in [0.1, 0.15) is 72.3 Å². The smallest absolute Gasteiger partial charge is 0.326 e. The average Bonchev–Trinajstić information content (AvgIpc) is 2.62. The molecule has 3 rings (SSSR count). The molecule has 0 radical (unpaired) electrons. The van der Waals surface area contributed by atoms with Gasteiger partial charge in [0.05, 0.1) is 32.1 Å². The van der Waals surface area contributed by atoms with Gasteiger partial charge in [0.2, 0.25) is 65.0 Å². The molecule has 11 atom stereocenters. The van der Waals surface area contributed by atoms with Gasteiger partial charge in [-0.1, -0.05) is 62.8 Å². The summed E-state index contributed by atoms with van der Waals surface area (Å²) in [5, 5.41) is 71.6. The number of thiol groups is 1. The van der Waals surface area contributed by atoms with E-state index in [1.807, 2.05) is 0 Å². The van der Waals surface area contributed by atoms with E-state index in [1.165, 1.54) is 33.0 Å². The Kier molecular flexibility index (Phi) is 30.0. The number of pyridine rings is 1. The monoisotopic (exact) mass is 1250 g/mol. The summed E-state index contributed by atoms with van der Waals surface area (Å²) in [4.78, 5) is 164. The molecule has 86 heavy (non-hydrogen) atoms. The number of nitrogens with zero attached hydrogens (tertiary/aromatic N) is 2. The normalized spacial score (nSPS) is 16.2. The highest BCUT2D eigenvalue weighted by Crippen LogP contribution is 2.21. The quantitative estimate of drug-likeness (QED) is 0.0103. The van der Waals surface area contributed by atoms with Crippen molar-refractivity contribution in [2.75, 3.05) is 50.1 Å². The molecule has 11 amide bonds. The van der Waals surface area contributed by atoms with Crippen LogP contribution in [-0.4, -0.2) is 213 Å². The number of carbonyl (C=O) groups excluding carboxylic acids is 11. The second-order valence-electron chi connectivity index (χ2n) is 20.1. The molecule has 474 valence electrons. The number of aliphatic hydroxyl groups excluding tert-OH is 3. The van der Waals surface area contributed by atoms with Crippen LogP contribution in [0.5, 0.6) is 0 Å². The number of hydrogen-bond acceptors (Lipinski definition) is 18. The molecule has 1 aromatic heterocycles. The van der Waals surface area contributed by atoms with E-state index in [0.29, 0.717) is 18.4 Å². The first kappa shape index (κ1) is 72.0. The lowest BCUT2D eigenvalue weighted by Crippen LogP contribution is -2.60. The van der Waals surface area contributed by atoms with Gasteiger partial charge in [0, 0.05) is 38.4 Å². The fourth-order valence-electron chi connectivity index (χ4n) is 8.77. The molecule has 18 N–H and O–H groups in total. The second-order valence-corrected chi connectivity index (χ2v) is 20.9. The largest absolute Gasteiger partial charge is 0.480 e. The van der Waals surface area contributed by atoms with Crippen molar-refractivity contribution in [2.24, 2.45) is 11.7 Å². The molecule has 2 heterocycles. The summed E-state index contributed by atoms with van der Waals surface area (Å²) in [6.45, 7) is 3.42. The van der Waals surface area contributed by atoms with Crippen LogP contribution in [-0.2, 0) is 64.0 Å². The summed E-state index contributed by atoms with van der Waals surface area (Å²) in [6, 6.07) is -2.91. The van der Waals surface area contributed by atoms with Crippen LogP contribution >= 0.6 is 24.8 Å². The number of aromatic nitrogens is 1. The molecule has 1 aliphatic rings. The third-order valence-corrected chi connectivity index (χ3v) is 14.4. The van der Waals surface area contributed by atoms with Crippen LogP contribution in [0.4, 0.5) is 5.69 Å². The Balaban J connectivity index is 1.62. The number of hydrogen-bond donors (Lipinski definition) is 18. The fraction of sp³-hybridized carbons (Fsp3) is 0.547. The first-order valence-corrected chi connectivity index (χ1v) is 28.5. The highest BCUT2D eigenvalue weighted by molar-refractivity contribution is 7.80. The molecule has 1 fully saturated rings. The molecule has 0 bridgehead atoms. The SMILES string of the molecule is CC[C@H](C)[C@H](NC(=O)C(CCCNC(=N)N)NC(=O)C(Cc1ccccc1)NC(=O)CNC(=O)C(CO)NC(=O)C(CO)NC(=O)C1CCCN1C(=O)C(C)NC(=O)C(C)NC(=O)C(CO)NC(=O)[C@@H](CS)N(C(C)=O)c1ccc[nH]c1=S)C(=O)O. The van der Waals surface area contributed by atoms with E-state index < -0.39 is 164 Å². The number of nitrogens with one attached hydrogen (secondary N) is 12. The van der Waals surface area contributed by atoms with Crippen molar-refractivity contribution in [3.63, 3.8) is 0 Å². The van der Waals surface area contributed by atoms with Crippen LogP contribution in [0.25, 0.3) is 0 Å². The van der Waals surface area contributed by atoms with Crippen LogP contribution in [0.3, 0.4) is 0 Å². The Morgan fingerprint density at radius 2 is 1.30 bits per heavy atom. The van der Waals surface area contributed by atoms with Crippen molar-refractivity contribution in [2.45, 2.75) is 134 Å². The summed E-state index contributed by atoms with van der Waals surface area (Å²) in [7, 11) is 0. The minimum Gasteiger partial charge on any atom is -0.480 e. The van der Waals surface area contributed by atoms with E-state index >= 15 is 0 Å². The number of carboxylic acid groups (broad SMARTS) is 1. The molecule has 0 saturated carbocycles. The van der Waals surface area contributed by atoms with E-state index in [4.69, 9.17) is 23.4 Å². The van der Waals surface area contributed by atoms with Gasteiger partial charge in [-0.05, 0) is 63.1 Å². The zero-order valence-electron chi connectivity index (χ0n) is 48.2. The number of guanidine groups is 1. The maximum absolute atomic E-state index is 13.9. The van der Waals surface area contributed by atoms with Gasteiger partial charge < -0.3 is 89.2 Å². The van der Waals surface area contributed by atoms with Gasteiger partial charge in [0.25, 0.3) is 0 Å². The molecule has 1 aliphatic heterocycles. The maximum atomic E-state index is 13.9. The lowest BCUT2D eigenvalue weighted by molar-refractivity contribution is -0.144. The molecule has 0 spiro atoms. The molecule has 8 unspecified atom stereocenters. The Bertz CT molecular complexity index is 2800. The summed E-state index contributed by atoms with van der Waals surface area (Å²) in [6.07, 6.45) is 2.30. The third kappa shape index (κ3) is 22.0. The first-order valence-electron chi connectivity index (χ1n) is 27.5. The van der Waals surface area contributed by atoms with Gasteiger partial charge in [-0.15, -0.1) is 0 Å². The predicted molar refractivity (Wildman–Crippen MR) is 315 cm³/mol. The summed E-state index contributed by atoms with van der Waals surface area (Å²) in [5.41, 5.74) is 6.12. The van der Waals surface area contributed by atoms with Crippen LogP contribution in [0.15, 0.2) is 48.7 Å². The molecule has 1 aromatic carbocycles. The van der Waals surface area contributed by atoms with Crippen LogP contribution in [0, 0.1) is 16.0 Å². The summed E-state index contributed by atoms with van der Waals surface area (Å²) in [5.74, 6) is -12.3. The molecular weight excluding hydrogens is 1170 g/mol. The van der Waals surface area contributed by atoms with Crippen molar-refractivity contribution in [3.05, 3.63) is 58.9 Å². The van der Waals surface area contributed by atoms with Crippen molar-refractivity contribution in [1.29, 1.82) is 5.41 Å². The van der Waals surface area contributed by atoms with E-state index in [2.05, 4.69) is 70.8 Å². The van der Waals surface area contributed by atoms with Crippen LogP contribution < -0.4 is 63.8 Å². The predicted octanol–water partition coefficient (Wildman–Crippen LogP) is -4.97. The minimum atomic E-state index is -1.77. The third-order valence-electron chi connectivity index (χ3n) is 13.7. The number of nitrogens with two attached hydrogens (primary N) is 1. The topological polar surface area (TPSA) is 478 Å². The Labute approximate surface area is 506 Å². The molecule has 31 nitrogen and oxygen atoms in total. The highest BCUT2D eigenvalue weighted by atomic mass is 32.1. The van der Waals surface area contributed by atoms with Gasteiger partial charge >= 0.3 is 5.97 Å². The number of likely N-dealkylation sites (tertiary alicyclic amines) is 1. The lowest BCUT2D eigenvalue weighted by Gasteiger charge is -2.30. The lowest BCUT2D eigenvalue weighted by atomic mass is 9.98. The van der Waals surface area contributed by atoms with Crippen LogP contribution in [0.2, 0.25) is 0 Å². The van der Waals surface area contributed by atoms with E-state index in [-0.39, 0.29) is 60.8 Å². The fourth-order valence-corrected chi connectivity index (χ4v) is 9.33. The van der Waals surface area contributed by atoms with Gasteiger partial charge in [-0.2, -0.15) is 12.6 Å². The van der Waals surface area contributed by atoms with E-state index in [9.17, 15) is 78.0 Å². The molecule has 0 aliphatic carbocycles. The maximum Gasteiger partial charge on any atom is 0.326 e. The molecular formula is C53H79N15O16S2. The highest BCUT2D eigenvalue weighted by Gasteiger charge is 2.40. The number of carbonyl (C=O) groups is 12. The Morgan fingerprint density at radius 1 is 0.733 bits per heavy atom. The molecule has 33 heteroatoms. The zero-order chi connectivity index (χ0) is 64.4. The second kappa shape index (κ2) is 35.9. The summed E-state index contributed by atoms with van der Waals surface area (Å²) < 4.78 is 0.137. The zero-order valence-corrected chi connectivity index (χ0v) is 49.9. The first-order chi connectivity index (χ1) is 40.7. The number of rotatable bonds is 34. The van der Waals surface area contributed by atoms with Crippen molar-refractivity contribution in [1.82, 2.24) is 63.1 Å². The van der Waals surface area contributed by atoms with E-state index in [0.717, 1.165) is 9.80 Å². The number of aliphatic carboxylic acids is 1. The van der Waals surface area contributed by atoms with Gasteiger partial charge in [-0.3, -0.25) is 63.0 Å². The molecule has 1 saturated heterocycles. The van der Waals surface area contributed by atoms with Gasteiger partial charge in [0.1, 0.15) is 65.1 Å². The van der Waals surface area contributed by atoms with Crippen molar-refractivity contribution >= 4 is 107 Å². The number of aliphatic hydroxyl groups is 3. The van der Waals surface area contributed by atoms with Gasteiger partial charge in [-0.25, -0.2) is 4.79 Å². The van der Waals surface area contributed by atoms with Gasteiger partial charge in [0.15, 0.2) is 5.96 Å². The Morgan fingerprint density at radius 3 is 1.88 bits per heavy atom. The number of amides is 11. The Hall–Kier alpha value is -8.27. The van der Waals surface area contributed by atoms with E-state index in [1.54, 1.807) is 50.2 Å². The standard InChI is InChI=1S/C53H79N15O16S2/c1-6-27(2)41(52(83)84)66-44(76)32(15-10-19-57-53(54)55)62-45(77)33(21-31-13-8-7-9-14-31)61-40(73)22-58-43(75)34(23-69)63-47(79)36(25-71)64-48(80)37-17-12-20-67(37)51(82)29(4)60-42(74)28(3)59-46(78)35(24-70)65-49(81)39(26-85)68(30(5)72)38-16-11-18-56-50(38)86/h7-9,11,13-14,16,18,27-29,32-37,39,41,69-71,85H,6,10,12,15,17,19-26H2,1-5H3,(H,56,86)(H,58,75)(H,59,78)(H,60,74)(H,61,73)(H,62,77)(H,63,79)(H,64,80)(H,65,81)(H,66,76)(H,83,84)(H4,54,55,57)/t27-,28?,29?,32?,33?,34?,35?,36?,37?,39+,41-/m0/s1. The number of carboxylic acids is 1.